The number of hydrogen-bond acceptors (Lipinski definition) is 6. The van der Waals surface area contributed by atoms with Crippen molar-refractivity contribution in [1.82, 2.24) is 20.2 Å². The lowest BCUT2D eigenvalue weighted by Gasteiger charge is -2.09. The van der Waals surface area contributed by atoms with Gasteiger partial charge >= 0.3 is 0 Å². The molecular weight excluding hydrogens is 357 g/mol. The number of carbonyl (C=O) groups excluding carboxylic acids is 2. The molecule has 3 aromatic rings. The Hall–Kier alpha value is -3.07. The number of carbonyl (C=O) groups is 2. The highest BCUT2D eigenvalue weighted by Crippen LogP contribution is 2.20. The van der Waals surface area contributed by atoms with Gasteiger partial charge in [0.25, 0.3) is 0 Å². The number of anilines is 1. The van der Waals surface area contributed by atoms with Crippen LogP contribution in [0.5, 0.6) is 0 Å². The van der Waals surface area contributed by atoms with Crippen molar-refractivity contribution in [1.29, 1.82) is 0 Å². The summed E-state index contributed by atoms with van der Waals surface area (Å²) in [7, 11) is 0. The summed E-state index contributed by atoms with van der Waals surface area (Å²) >= 11 is 1.10. The molecule has 2 aromatic carbocycles. The van der Waals surface area contributed by atoms with Gasteiger partial charge in [0.2, 0.25) is 11.1 Å². The fourth-order valence-electron chi connectivity index (χ4n) is 2.25. The number of para-hydroxylation sites is 1. The zero-order valence-electron chi connectivity index (χ0n) is 13.7. The first-order valence-corrected chi connectivity index (χ1v) is 8.60. The standard InChI is InChI=1S/C17H14FN5O2S/c1-11(24)14-7-2-3-8-15(14)19-16(25)10-26-17-20-21-22-23(17)13-6-4-5-12(18)9-13/h2-9H,10H2,1H3,(H,19,25). The van der Waals surface area contributed by atoms with Gasteiger partial charge in [0.1, 0.15) is 5.82 Å². The lowest BCUT2D eigenvalue weighted by molar-refractivity contribution is -0.113. The summed E-state index contributed by atoms with van der Waals surface area (Å²) < 4.78 is 14.7. The second-order valence-corrected chi connectivity index (χ2v) is 6.23. The molecule has 0 atom stereocenters. The maximum absolute atomic E-state index is 13.4. The molecule has 0 radical (unpaired) electrons. The minimum Gasteiger partial charge on any atom is -0.325 e. The third-order valence-corrected chi connectivity index (χ3v) is 4.33. The van der Waals surface area contributed by atoms with E-state index < -0.39 is 5.82 Å². The zero-order chi connectivity index (χ0) is 18.5. The van der Waals surface area contributed by atoms with Crippen LogP contribution in [0.3, 0.4) is 0 Å². The summed E-state index contributed by atoms with van der Waals surface area (Å²) in [6.07, 6.45) is 0. The average molecular weight is 371 g/mol. The predicted molar refractivity (Wildman–Crippen MR) is 94.9 cm³/mol. The smallest absolute Gasteiger partial charge is 0.234 e. The first-order valence-electron chi connectivity index (χ1n) is 7.61. The Labute approximate surface area is 152 Å². The Kier molecular flexibility index (Phi) is 5.37. The average Bonchev–Trinajstić information content (AvgIpc) is 3.09. The minimum atomic E-state index is -0.410. The summed E-state index contributed by atoms with van der Waals surface area (Å²) in [5.74, 6) is -0.823. The van der Waals surface area contributed by atoms with E-state index in [1.54, 1.807) is 36.4 Å². The van der Waals surface area contributed by atoms with E-state index in [4.69, 9.17) is 0 Å². The quantitative estimate of drug-likeness (QED) is 0.529. The molecule has 3 rings (SSSR count). The number of ketones is 1. The monoisotopic (exact) mass is 371 g/mol. The Morgan fingerprint density at radius 3 is 2.77 bits per heavy atom. The topological polar surface area (TPSA) is 89.8 Å². The molecule has 132 valence electrons. The summed E-state index contributed by atoms with van der Waals surface area (Å²) in [5.41, 5.74) is 1.35. The van der Waals surface area contributed by atoms with E-state index >= 15 is 0 Å². The SMILES string of the molecule is CC(=O)c1ccccc1NC(=O)CSc1nnnn1-c1cccc(F)c1. The van der Waals surface area contributed by atoms with Crippen molar-refractivity contribution in [2.24, 2.45) is 0 Å². The van der Waals surface area contributed by atoms with Gasteiger partial charge in [0.05, 0.1) is 17.1 Å². The van der Waals surface area contributed by atoms with Crippen LogP contribution >= 0.6 is 11.8 Å². The van der Waals surface area contributed by atoms with Crippen LogP contribution in [-0.4, -0.2) is 37.7 Å². The number of Topliss-reactive ketones (excluding diaryl/α,β-unsaturated/α-hetero) is 1. The number of halogens is 1. The molecule has 1 aromatic heterocycles. The first-order chi connectivity index (χ1) is 12.5. The minimum absolute atomic E-state index is 0.0297. The first kappa shape index (κ1) is 17.7. The van der Waals surface area contributed by atoms with Crippen LogP contribution in [-0.2, 0) is 4.79 Å². The molecule has 1 amide bonds. The van der Waals surface area contributed by atoms with Crippen LogP contribution in [0, 0.1) is 5.82 Å². The van der Waals surface area contributed by atoms with Crippen molar-refractivity contribution in [3.8, 4) is 5.69 Å². The molecule has 0 aliphatic heterocycles. The molecule has 0 aliphatic rings. The van der Waals surface area contributed by atoms with E-state index in [2.05, 4.69) is 20.8 Å². The van der Waals surface area contributed by atoms with E-state index in [0.29, 0.717) is 22.1 Å². The number of nitrogens with zero attached hydrogens (tertiary/aromatic N) is 4. The third-order valence-electron chi connectivity index (χ3n) is 3.41. The van der Waals surface area contributed by atoms with Crippen LogP contribution in [0.4, 0.5) is 10.1 Å². The Balaban J connectivity index is 1.68. The van der Waals surface area contributed by atoms with Gasteiger partial charge in [-0.3, -0.25) is 9.59 Å². The molecule has 26 heavy (non-hydrogen) atoms. The van der Waals surface area contributed by atoms with Gasteiger partial charge in [-0.2, -0.15) is 4.68 Å². The van der Waals surface area contributed by atoms with E-state index in [1.807, 2.05) is 0 Å². The summed E-state index contributed by atoms with van der Waals surface area (Å²) in [6.45, 7) is 1.44. The van der Waals surface area contributed by atoms with Crippen LogP contribution < -0.4 is 5.32 Å². The Morgan fingerprint density at radius 1 is 1.19 bits per heavy atom. The lowest BCUT2D eigenvalue weighted by atomic mass is 10.1. The molecule has 0 unspecified atom stereocenters. The van der Waals surface area contributed by atoms with Gasteiger partial charge in [-0.1, -0.05) is 30.0 Å². The Morgan fingerprint density at radius 2 is 2.00 bits per heavy atom. The number of aromatic nitrogens is 4. The van der Waals surface area contributed by atoms with Gasteiger partial charge in [-0.25, -0.2) is 4.39 Å². The van der Waals surface area contributed by atoms with Crippen molar-refractivity contribution in [3.05, 3.63) is 59.9 Å². The van der Waals surface area contributed by atoms with Crippen molar-refractivity contribution >= 4 is 29.1 Å². The number of benzene rings is 2. The molecule has 0 bridgehead atoms. The number of tetrazole rings is 1. The fraction of sp³-hybridized carbons (Fsp3) is 0.118. The second-order valence-electron chi connectivity index (χ2n) is 5.29. The summed E-state index contributed by atoms with van der Waals surface area (Å²) in [6, 6.07) is 12.6. The highest BCUT2D eigenvalue weighted by Gasteiger charge is 2.14. The molecule has 0 saturated heterocycles. The molecule has 9 heteroatoms. The fourth-order valence-corrected chi connectivity index (χ4v) is 2.95. The van der Waals surface area contributed by atoms with Gasteiger partial charge in [-0.05, 0) is 47.7 Å². The molecule has 0 aliphatic carbocycles. The molecule has 0 saturated carbocycles. The van der Waals surface area contributed by atoms with Gasteiger partial charge < -0.3 is 5.32 Å². The van der Waals surface area contributed by atoms with Crippen LogP contribution in [0.1, 0.15) is 17.3 Å². The molecular formula is C17H14FN5O2S. The van der Waals surface area contributed by atoms with Crippen molar-refractivity contribution in [2.75, 3.05) is 11.1 Å². The summed E-state index contributed by atoms with van der Waals surface area (Å²) in [5, 5.41) is 14.3. The highest BCUT2D eigenvalue weighted by atomic mass is 32.2. The highest BCUT2D eigenvalue weighted by molar-refractivity contribution is 7.99. The maximum Gasteiger partial charge on any atom is 0.234 e. The number of nitrogens with one attached hydrogen (secondary N) is 1. The van der Waals surface area contributed by atoms with Gasteiger partial charge in [-0.15, -0.1) is 5.10 Å². The molecule has 7 nitrogen and oxygen atoms in total. The van der Waals surface area contributed by atoms with Gasteiger partial charge in [0.15, 0.2) is 5.78 Å². The third kappa shape index (κ3) is 4.12. The predicted octanol–water partition coefficient (Wildman–Crippen LogP) is 2.73. The molecule has 1 N–H and O–H groups in total. The number of rotatable bonds is 6. The normalized spacial score (nSPS) is 10.5. The van der Waals surface area contributed by atoms with Gasteiger partial charge in [0, 0.05) is 5.56 Å². The van der Waals surface area contributed by atoms with E-state index in [0.717, 1.165) is 11.8 Å². The van der Waals surface area contributed by atoms with Crippen LogP contribution in [0.15, 0.2) is 53.7 Å². The second kappa shape index (κ2) is 7.87. The lowest BCUT2D eigenvalue weighted by Crippen LogP contribution is -2.16. The zero-order valence-corrected chi connectivity index (χ0v) is 14.5. The van der Waals surface area contributed by atoms with E-state index in [-0.39, 0.29) is 17.4 Å². The molecule has 0 fully saturated rings. The van der Waals surface area contributed by atoms with Crippen molar-refractivity contribution in [3.63, 3.8) is 0 Å². The van der Waals surface area contributed by atoms with E-state index in [9.17, 15) is 14.0 Å². The van der Waals surface area contributed by atoms with Crippen molar-refractivity contribution in [2.45, 2.75) is 12.1 Å². The van der Waals surface area contributed by atoms with Crippen LogP contribution in [0.25, 0.3) is 5.69 Å². The maximum atomic E-state index is 13.4. The number of hydrogen-bond donors (Lipinski definition) is 1. The summed E-state index contributed by atoms with van der Waals surface area (Å²) in [4.78, 5) is 23.8. The largest absolute Gasteiger partial charge is 0.325 e. The molecule has 0 spiro atoms. The number of thioether (sulfide) groups is 1. The van der Waals surface area contributed by atoms with Crippen LogP contribution in [0.2, 0.25) is 0 Å². The molecule has 1 heterocycles. The number of amides is 1. The van der Waals surface area contributed by atoms with Crippen molar-refractivity contribution < 1.29 is 14.0 Å². The Bertz CT molecular complexity index is 960. The van der Waals surface area contributed by atoms with E-state index in [1.165, 1.54) is 23.7 Å².